The Morgan fingerprint density at radius 1 is 0.971 bits per heavy atom. The normalized spacial score (nSPS) is 20.9. The number of carbonyl (C=O) groups is 2. The fourth-order valence-corrected chi connectivity index (χ4v) is 4.84. The van der Waals surface area contributed by atoms with Crippen LogP contribution in [-0.4, -0.2) is 58.6 Å². The Labute approximate surface area is 203 Å². The molecule has 0 bridgehead atoms. The second kappa shape index (κ2) is 9.61. The van der Waals surface area contributed by atoms with Gasteiger partial charge in [-0.05, 0) is 54.1 Å². The Morgan fingerprint density at radius 2 is 1.63 bits per heavy atom. The first-order valence-electron chi connectivity index (χ1n) is 11.4. The second-order valence-electron chi connectivity index (χ2n) is 8.70. The molecule has 5 rings (SSSR count). The zero-order valence-corrected chi connectivity index (χ0v) is 18.9. The van der Waals surface area contributed by atoms with Crippen LogP contribution in [0.15, 0.2) is 78.9 Å². The van der Waals surface area contributed by atoms with E-state index in [1.807, 2.05) is 54.6 Å². The molecule has 2 fully saturated rings. The lowest BCUT2D eigenvalue weighted by atomic mass is 9.73. The first kappa shape index (κ1) is 22.6. The molecule has 2 heterocycles. The smallest absolute Gasteiger partial charge is 0.322 e. The van der Waals surface area contributed by atoms with Gasteiger partial charge in [-0.1, -0.05) is 42.2 Å². The first-order valence-corrected chi connectivity index (χ1v) is 11.4. The van der Waals surface area contributed by atoms with E-state index in [2.05, 4.69) is 17.2 Å². The number of carbonyl (C=O) groups excluding carboxylic acids is 2. The van der Waals surface area contributed by atoms with Crippen molar-refractivity contribution in [3.8, 4) is 11.8 Å². The van der Waals surface area contributed by atoms with Crippen molar-refractivity contribution in [3.05, 3.63) is 101 Å². The minimum absolute atomic E-state index is 0.0687. The Morgan fingerprint density at radius 3 is 2.29 bits per heavy atom. The van der Waals surface area contributed by atoms with Crippen LogP contribution in [0.2, 0.25) is 0 Å². The summed E-state index contributed by atoms with van der Waals surface area (Å²) in [6.45, 7) is 0.126. The van der Waals surface area contributed by atoms with Gasteiger partial charge in [0.15, 0.2) is 0 Å². The summed E-state index contributed by atoms with van der Waals surface area (Å²) in [5.74, 6) is 5.60. The monoisotopic (exact) mass is 469 g/mol. The number of anilines is 1. The summed E-state index contributed by atoms with van der Waals surface area (Å²) in [6.07, 6.45) is 0. The third-order valence-corrected chi connectivity index (χ3v) is 6.56. The van der Waals surface area contributed by atoms with Crippen LogP contribution in [0.4, 0.5) is 14.9 Å². The number of amides is 3. The van der Waals surface area contributed by atoms with Gasteiger partial charge in [-0.3, -0.25) is 4.79 Å². The molecule has 7 heteroatoms. The van der Waals surface area contributed by atoms with E-state index in [1.54, 1.807) is 4.90 Å². The van der Waals surface area contributed by atoms with E-state index in [0.29, 0.717) is 12.2 Å². The van der Waals surface area contributed by atoms with Gasteiger partial charge in [0.25, 0.3) is 0 Å². The topological polar surface area (TPSA) is 72.9 Å². The van der Waals surface area contributed by atoms with Gasteiger partial charge in [-0.2, -0.15) is 0 Å². The number of nitrogens with zero attached hydrogens (tertiary/aromatic N) is 2. The van der Waals surface area contributed by atoms with Crippen LogP contribution in [-0.2, 0) is 4.79 Å². The molecule has 0 spiro atoms. The summed E-state index contributed by atoms with van der Waals surface area (Å²) in [4.78, 5) is 28.8. The largest absolute Gasteiger partial charge is 0.394 e. The molecule has 3 aromatic carbocycles. The quantitative estimate of drug-likeness (QED) is 0.578. The van der Waals surface area contributed by atoms with E-state index in [0.717, 1.165) is 16.7 Å². The Hall–Kier alpha value is -4.15. The van der Waals surface area contributed by atoms with E-state index in [4.69, 9.17) is 0 Å². The molecular weight excluding hydrogens is 445 g/mol. The lowest BCUT2D eigenvalue weighted by Crippen LogP contribution is -2.73. The predicted octanol–water partition coefficient (Wildman–Crippen LogP) is 3.43. The minimum atomic E-state index is -0.414. The van der Waals surface area contributed by atoms with Crippen molar-refractivity contribution >= 4 is 17.6 Å². The molecule has 3 aromatic rings. The highest BCUT2D eigenvalue weighted by Gasteiger charge is 2.54. The van der Waals surface area contributed by atoms with Gasteiger partial charge in [0.2, 0.25) is 5.91 Å². The summed E-state index contributed by atoms with van der Waals surface area (Å²) in [6, 6.07) is 22.1. The van der Waals surface area contributed by atoms with Gasteiger partial charge in [0, 0.05) is 29.3 Å². The number of fused-ring (bicyclic) bond motifs is 1. The number of aliphatic hydroxyl groups is 1. The summed E-state index contributed by atoms with van der Waals surface area (Å²) < 4.78 is 13.2. The van der Waals surface area contributed by atoms with Crippen LogP contribution >= 0.6 is 0 Å². The third-order valence-electron chi connectivity index (χ3n) is 6.56. The maximum Gasteiger partial charge on any atom is 0.322 e. The minimum Gasteiger partial charge on any atom is -0.394 e. The maximum absolute atomic E-state index is 13.2. The van der Waals surface area contributed by atoms with Gasteiger partial charge in [0.1, 0.15) is 12.4 Å². The fraction of sp³-hybridized carbons (Fsp3) is 0.214. The van der Waals surface area contributed by atoms with Crippen LogP contribution in [0.1, 0.15) is 22.6 Å². The van der Waals surface area contributed by atoms with E-state index in [1.165, 1.54) is 29.2 Å². The molecule has 3 atom stereocenters. The molecule has 0 aromatic heterocycles. The second-order valence-corrected chi connectivity index (χ2v) is 8.70. The van der Waals surface area contributed by atoms with Crippen molar-refractivity contribution in [1.29, 1.82) is 0 Å². The molecule has 2 aliphatic heterocycles. The molecule has 0 aliphatic carbocycles. The number of piperazine rings is 1. The maximum atomic E-state index is 13.2. The summed E-state index contributed by atoms with van der Waals surface area (Å²) >= 11 is 0. The van der Waals surface area contributed by atoms with Crippen LogP contribution < -0.4 is 5.32 Å². The summed E-state index contributed by atoms with van der Waals surface area (Å²) in [5.41, 5.74) is 3.25. The molecule has 176 valence electrons. The van der Waals surface area contributed by atoms with E-state index in [9.17, 15) is 19.1 Å². The average molecular weight is 470 g/mol. The lowest BCUT2D eigenvalue weighted by molar-refractivity contribution is -0.159. The number of nitrogens with one attached hydrogen (secondary N) is 1. The number of halogens is 1. The fourth-order valence-electron chi connectivity index (χ4n) is 4.84. The molecule has 3 amide bonds. The number of urea groups is 1. The predicted molar refractivity (Wildman–Crippen MR) is 130 cm³/mol. The van der Waals surface area contributed by atoms with E-state index in [-0.39, 0.29) is 37.1 Å². The molecule has 2 saturated heterocycles. The highest BCUT2D eigenvalue weighted by Crippen LogP contribution is 2.43. The highest BCUT2D eigenvalue weighted by atomic mass is 19.1. The van der Waals surface area contributed by atoms with Gasteiger partial charge >= 0.3 is 6.03 Å². The number of hydrogen-bond acceptors (Lipinski definition) is 3. The van der Waals surface area contributed by atoms with Crippen LogP contribution in [0.25, 0.3) is 0 Å². The Balaban J connectivity index is 1.30. The van der Waals surface area contributed by atoms with E-state index >= 15 is 0 Å². The number of benzene rings is 3. The highest BCUT2D eigenvalue weighted by molar-refractivity contribution is 5.93. The van der Waals surface area contributed by atoms with Crippen molar-refractivity contribution in [3.63, 3.8) is 0 Å². The molecular formula is C28H24FN3O3. The van der Waals surface area contributed by atoms with Gasteiger partial charge in [-0.15, -0.1) is 0 Å². The Kier molecular flexibility index (Phi) is 6.21. The summed E-state index contributed by atoms with van der Waals surface area (Å²) in [7, 11) is 0. The molecule has 0 saturated carbocycles. The number of hydrogen-bond donors (Lipinski definition) is 2. The van der Waals surface area contributed by atoms with Crippen LogP contribution in [0.5, 0.6) is 0 Å². The zero-order valence-electron chi connectivity index (χ0n) is 18.9. The van der Waals surface area contributed by atoms with Crippen molar-refractivity contribution in [2.75, 3.05) is 25.0 Å². The van der Waals surface area contributed by atoms with Gasteiger partial charge < -0.3 is 20.2 Å². The Bertz CT molecular complexity index is 1280. The molecule has 2 N–H and O–H groups in total. The summed E-state index contributed by atoms with van der Waals surface area (Å²) in [5, 5.41) is 12.7. The number of aliphatic hydroxyl groups excluding tert-OH is 1. The van der Waals surface area contributed by atoms with Crippen molar-refractivity contribution < 1.29 is 19.1 Å². The van der Waals surface area contributed by atoms with Crippen LogP contribution in [0, 0.1) is 17.7 Å². The molecule has 0 unspecified atom stereocenters. The standard InChI is InChI=1S/C28H24FN3O3/c29-22-12-14-23(15-13-22)30-28(35)31-16-24-27(25(18-33)32(24)26(34)17-31)21-10-8-20(9-11-21)7-6-19-4-2-1-3-5-19/h1-5,8-15,24-25,27,33H,16-18H2,(H,30,35)/t24-,25-,27+/m1/s1. The average Bonchev–Trinajstić information content (AvgIpc) is 2.86. The SMILES string of the molecule is O=C(Nc1ccc(F)cc1)N1CC(=O)N2[C@H](CO)[C@@H](c3ccc(C#Cc4ccccc4)cc3)[C@H]2C1. The van der Waals surface area contributed by atoms with Gasteiger partial charge in [-0.25, -0.2) is 9.18 Å². The third kappa shape index (κ3) is 4.61. The molecule has 6 nitrogen and oxygen atoms in total. The van der Waals surface area contributed by atoms with Crippen molar-refractivity contribution in [2.45, 2.75) is 18.0 Å². The van der Waals surface area contributed by atoms with E-state index < -0.39 is 11.8 Å². The molecule has 2 aliphatic rings. The first-order chi connectivity index (χ1) is 17.0. The van der Waals surface area contributed by atoms with Gasteiger partial charge in [0.05, 0.1) is 18.7 Å². The van der Waals surface area contributed by atoms with Crippen LogP contribution in [0.3, 0.4) is 0 Å². The number of rotatable bonds is 3. The lowest BCUT2D eigenvalue weighted by Gasteiger charge is -2.58. The molecule has 0 radical (unpaired) electrons. The molecule has 35 heavy (non-hydrogen) atoms. The van der Waals surface area contributed by atoms with Crippen molar-refractivity contribution in [2.24, 2.45) is 0 Å². The van der Waals surface area contributed by atoms with Crippen molar-refractivity contribution in [1.82, 2.24) is 9.80 Å². The zero-order chi connectivity index (χ0) is 24.4.